The van der Waals surface area contributed by atoms with Gasteiger partial charge in [-0.3, -0.25) is 0 Å². The standard InChI is InChI=1S/C14H12N4O/c15-14(19-10-11-6-2-1-3-7-11)18-13-9-5-4-8-12(13)16-17-18/h1-9,15H,10H2. The molecule has 1 heterocycles. The molecule has 0 aliphatic rings. The van der Waals surface area contributed by atoms with Crippen LogP contribution in [0, 0.1) is 5.41 Å². The van der Waals surface area contributed by atoms with Crippen molar-refractivity contribution in [3.8, 4) is 0 Å². The normalized spacial score (nSPS) is 10.5. The molecular formula is C14H12N4O. The first-order chi connectivity index (χ1) is 9.34. The van der Waals surface area contributed by atoms with Gasteiger partial charge in [0.05, 0.1) is 5.52 Å². The summed E-state index contributed by atoms with van der Waals surface area (Å²) in [4.78, 5) is 0. The first kappa shape index (κ1) is 11.4. The minimum atomic E-state index is -0.0300. The van der Waals surface area contributed by atoms with E-state index < -0.39 is 0 Å². The summed E-state index contributed by atoms with van der Waals surface area (Å²) in [7, 11) is 0. The fraction of sp³-hybridized carbons (Fsp3) is 0.0714. The smallest absolute Gasteiger partial charge is 0.312 e. The molecule has 5 nitrogen and oxygen atoms in total. The van der Waals surface area contributed by atoms with E-state index in [1.54, 1.807) is 0 Å². The van der Waals surface area contributed by atoms with E-state index in [2.05, 4.69) is 10.3 Å². The van der Waals surface area contributed by atoms with Crippen molar-refractivity contribution >= 4 is 17.1 Å². The van der Waals surface area contributed by atoms with Gasteiger partial charge >= 0.3 is 6.02 Å². The first-order valence-corrected chi connectivity index (χ1v) is 5.91. The monoisotopic (exact) mass is 252 g/mol. The third-order valence-corrected chi connectivity index (χ3v) is 2.76. The molecular weight excluding hydrogens is 240 g/mol. The number of rotatable bonds is 2. The zero-order valence-electron chi connectivity index (χ0n) is 10.2. The van der Waals surface area contributed by atoms with Crippen molar-refractivity contribution in [2.24, 2.45) is 0 Å². The molecule has 3 rings (SSSR count). The molecule has 0 aliphatic carbocycles. The van der Waals surface area contributed by atoms with Crippen molar-refractivity contribution in [1.29, 1.82) is 5.41 Å². The SMILES string of the molecule is N=C(OCc1ccccc1)n1nnc2ccccc21. The molecule has 1 aromatic heterocycles. The Morgan fingerprint density at radius 3 is 2.63 bits per heavy atom. The molecule has 0 bridgehead atoms. The largest absolute Gasteiger partial charge is 0.459 e. The maximum absolute atomic E-state index is 7.92. The van der Waals surface area contributed by atoms with Crippen LogP contribution in [0.1, 0.15) is 5.56 Å². The summed E-state index contributed by atoms with van der Waals surface area (Å²) >= 11 is 0. The average Bonchev–Trinajstić information content (AvgIpc) is 2.90. The van der Waals surface area contributed by atoms with Gasteiger partial charge in [0.2, 0.25) is 0 Å². The third kappa shape index (κ3) is 2.30. The minimum Gasteiger partial charge on any atom is -0.459 e. The van der Waals surface area contributed by atoms with Gasteiger partial charge in [-0.15, -0.1) is 5.10 Å². The Labute approximate surface area is 109 Å². The molecule has 0 atom stereocenters. The number of nitrogens with one attached hydrogen (secondary N) is 1. The molecule has 0 fully saturated rings. The van der Waals surface area contributed by atoms with Crippen molar-refractivity contribution < 1.29 is 4.74 Å². The van der Waals surface area contributed by atoms with Crippen molar-refractivity contribution in [3.63, 3.8) is 0 Å². The summed E-state index contributed by atoms with van der Waals surface area (Å²) in [5, 5.41) is 15.8. The number of benzene rings is 2. The summed E-state index contributed by atoms with van der Waals surface area (Å²) in [5.41, 5.74) is 2.52. The lowest BCUT2D eigenvalue weighted by Crippen LogP contribution is -2.16. The summed E-state index contributed by atoms with van der Waals surface area (Å²) in [6, 6.07) is 17.2. The van der Waals surface area contributed by atoms with Crippen molar-refractivity contribution in [1.82, 2.24) is 15.0 Å². The first-order valence-electron chi connectivity index (χ1n) is 5.91. The second-order valence-corrected chi connectivity index (χ2v) is 4.07. The predicted molar refractivity (Wildman–Crippen MR) is 71.9 cm³/mol. The van der Waals surface area contributed by atoms with Gasteiger partial charge in [-0.25, -0.2) is 5.41 Å². The van der Waals surface area contributed by atoms with Crippen LogP contribution in [0.2, 0.25) is 0 Å². The molecule has 1 N–H and O–H groups in total. The van der Waals surface area contributed by atoms with Gasteiger partial charge in [-0.1, -0.05) is 47.7 Å². The van der Waals surface area contributed by atoms with E-state index >= 15 is 0 Å². The van der Waals surface area contributed by atoms with Gasteiger partial charge in [0.15, 0.2) is 0 Å². The summed E-state index contributed by atoms with van der Waals surface area (Å²) in [6.45, 7) is 0.341. The highest BCUT2D eigenvalue weighted by molar-refractivity contribution is 5.85. The number of hydrogen-bond acceptors (Lipinski definition) is 4. The summed E-state index contributed by atoms with van der Waals surface area (Å²) in [5.74, 6) is 0. The molecule has 0 spiro atoms. The van der Waals surface area contributed by atoms with Crippen molar-refractivity contribution in [2.75, 3.05) is 0 Å². The van der Waals surface area contributed by atoms with Gasteiger partial charge < -0.3 is 4.74 Å². The fourth-order valence-electron chi connectivity index (χ4n) is 1.81. The lowest BCUT2D eigenvalue weighted by Gasteiger charge is -2.07. The Kier molecular flexibility index (Phi) is 2.94. The van der Waals surface area contributed by atoms with Crippen LogP contribution in [0.25, 0.3) is 11.0 Å². The lowest BCUT2D eigenvalue weighted by atomic mass is 10.2. The Morgan fingerprint density at radius 2 is 1.79 bits per heavy atom. The van der Waals surface area contributed by atoms with Crippen LogP contribution in [0.4, 0.5) is 0 Å². The van der Waals surface area contributed by atoms with E-state index in [1.165, 1.54) is 4.68 Å². The quantitative estimate of drug-likeness (QED) is 0.562. The van der Waals surface area contributed by atoms with E-state index in [-0.39, 0.29) is 6.02 Å². The van der Waals surface area contributed by atoms with Gasteiger partial charge in [-0.05, 0) is 17.7 Å². The molecule has 94 valence electrons. The average molecular weight is 252 g/mol. The zero-order valence-corrected chi connectivity index (χ0v) is 10.2. The number of para-hydroxylation sites is 1. The highest BCUT2D eigenvalue weighted by Gasteiger charge is 2.09. The molecule has 0 saturated carbocycles. The van der Waals surface area contributed by atoms with Gasteiger partial charge in [0, 0.05) is 0 Å². The number of ether oxygens (including phenoxy) is 1. The predicted octanol–water partition coefficient (Wildman–Crippen LogP) is 2.43. The van der Waals surface area contributed by atoms with E-state index in [4.69, 9.17) is 10.1 Å². The lowest BCUT2D eigenvalue weighted by molar-refractivity contribution is 0.272. The molecule has 0 unspecified atom stereocenters. The fourth-order valence-corrected chi connectivity index (χ4v) is 1.81. The maximum atomic E-state index is 7.92. The van der Waals surface area contributed by atoms with Crippen molar-refractivity contribution in [2.45, 2.75) is 6.61 Å². The molecule has 3 aromatic rings. The number of nitrogens with zero attached hydrogens (tertiary/aromatic N) is 3. The van der Waals surface area contributed by atoms with Crippen LogP contribution < -0.4 is 0 Å². The zero-order chi connectivity index (χ0) is 13.1. The number of aromatic nitrogens is 3. The minimum absolute atomic E-state index is 0.0300. The van der Waals surface area contributed by atoms with Crippen LogP contribution in [0.15, 0.2) is 54.6 Å². The molecule has 0 amide bonds. The van der Waals surface area contributed by atoms with Crippen molar-refractivity contribution in [3.05, 3.63) is 60.2 Å². The Morgan fingerprint density at radius 1 is 1.05 bits per heavy atom. The van der Waals surface area contributed by atoms with E-state index in [9.17, 15) is 0 Å². The Hall–Kier alpha value is -2.69. The molecule has 0 aliphatic heterocycles. The molecule has 19 heavy (non-hydrogen) atoms. The Bertz CT molecular complexity index is 706. The molecule has 0 radical (unpaired) electrons. The topological polar surface area (TPSA) is 63.8 Å². The Balaban J connectivity index is 1.77. The van der Waals surface area contributed by atoms with E-state index in [0.29, 0.717) is 6.61 Å². The molecule has 2 aromatic carbocycles. The number of fused-ring (bicyclic) bond motifs is 1. The van der Waals surface area contributed by atoms with Gasteiger partial charge in [0.25, 0.3) is 0 Å². The van der Waals surface area contributed by atoms with E-state index in [0.717, 1.165) is 16.6 Å². The van der Waals surface area contributed by atoms with Gasteiger partial charge in [0.1, 0.15) is 12.1 Å². The van der Waals surface area contributed by atoms with Crippen LogP contribution in [-0.2, 0) is 11.3 Å². The second-order valence-electron chi connectivity index (χ2n) is 4.07. The van der Waals surface area contributed by atoms with Crippen LogP contribution in [0.3, 0.4) is 0 Å². The van der Waals surface area contributed by atoms with Crippen LogP contribution in [0.5, 0.6) is 0 Å². The maximum Gasteiger partial charge on any atom is 0.312 e. The molecule has 5 heteroatoms. The van der Waals surface area contributed by atoms with Gasteiger partial charge in [-0.2, -0.15) is 4.68 Å². The van der Waals surface area contributed by atoms with E-state index in [1.807, 2.05) is 54.6 Å². The second kappa shape index (κ2) is 4.89. The van der Waals surface area contributed by atoms with Crippen LogP contribution >= 0.6 is 0 Å². The third-order valence-electron chi connectivity index (χ3n) is 2.76. The summed E-state index contributed by atoms with van der Waals surface area (Å²) in [6.07, 6.45) is 0. The summed E-state index contributed by atoms with van der Waals surface area (Å²) < 4.78 is 6.81. The number of hydrogen-bond donors (Lipinski definition) is 1. The molecule has 0 saturated heterocycles. The highest BCUT2D eigenvalue weighted by Crippen LogP contribution is 2.10. The van der Waals surface area contributed by atoms with Crippen LogP contribution in [-0.4, -0.2) is 21.0 Å². The highest BCUT2D eigenvalue weighted by atomic mass is 16.5.